The number of carbonyl (C=O) groups is 1. The summed E-state index contributed by atoms with van der Waals surface area (Å²) in [6.45, 7) is 5.79. The molecule has 1 amide bonds. The molecule has 5 nitrogen and oxygen atoms in total. The van der Waals surface area contributed by atoms with Gasteiger partial charge in [-0.3, -0.25) is 9.89 Å². The van der Waals surface area contributed by atoms with Crippen molar-refractivity contribution in [2.24, 2.45) is 0 Å². The Hall–Kier alpha value is -2.30. The number of nitrogens with two attached hydrogens (primary N) is 1. The van der Waals surface area contributed by atoms with Gasteiger partial charge in [0.25, 0.3) is 5.91 Å². The van der Waals surface area contributed by atoms with Crippen molar-refractivity contribution < 1.29 is 4.79 Å². The Labute approximate surface area is 112 Å². The largest absolute Gasteiger partial charge is 0.395 e. The lowest BCUT2D eigenvalue weighted by Crippen LogP contribution is -2.27. The van der Waals surface area contributed by atoms with Gasteiger partial charge in [0.15, 0.2) is 5.69 Å². The van der Waals surface area contributed by atoms with Gasteiger partial charge < -0.3 is 10.6 Å². The van der Waals surface area contributed by atoms with Gasteiger partial charge >= 0.3 is 0 Å². The zero-order valence-electron chi connectivity index (χ0n) is 11.6. The minimum Gasteiger partial charge on any atom is -0.395 e. The molecule has 0 aliphatic heterocycles. The van der Waals surface area contributed by atoms with Crippen molar-refractivity contribution in [1.82, 2.24) is 10.2 Å². The number of aromatic nitrogens is 2. The summed E-state index contributed by atoms with van der Waals surface area (Å²) in [5.74, 6) is -0.216. The maximum Gasteiger partial charge on any atom is 0.280 e. The van der Waals surface area contributed by atoms with E-state index in [2.05, 4.69) is 16.3 Å². The Morgan fingerprint density at radius 2 is 1.79 bits per heavy atom. The molecular formula is C14H18N4O. The molecule has 2 rings (SSSR count). The van der Waals surface area contributed by atoms with Crippen LogP contribution in [0.3, 0.4) is 0 Å². The Morgan fingerprint density at radius 3 is 2.26 bits per heavy atom. The van der Waals surface area contributed by atoms with Crippen LogP contribution in [0.4, 0.5) is 11.4 Å². The lowest BCUT2D eigenvalue weighted by molar-refractivity contribution is 0.0989. The van der Waals surface area contributed by atoms with E-state index in [9.17, 15) is 4.79 Å². The van der Waals surface area contributed by atoms with E-state index in [1.807, 2.05) is 26.0 Å². The zero-order chi connectivity index (χ0) is 14.2. The zero-order valence-corrected chi connectivity index (χ0v) is 11.6. The number of aryl methyl sites for hydroxylation is 3. The molecule has 0 aliphatic rings. The second kappa shape index (κ2) is 4.76. The average molecular weight is 258 g/mol. The highest BCUT2D eigenvalue weighted by Gasteiger charge is 2.20. The van der Waals surface area contributed by atoms with Gasteiger partial charge in [0.1, 0.15) is 0 Å². The first-order chi connectivity index (χ1) is 8.90. The van der Waals surface area contributed by atoms with Crippen LogP contribution in [-0.2, 0) is 0 Å². The van der Waals surface area contributed by atoms with Gasteiger partial charge in [-0.2, -0.15) is 5.10 Å². The van der Waals surface area contributed by atoms with E-state index in [0.717, 1.165) is 16.8 Å². The third-order valence-corrected chi connectivity index (χ3v) is 3.10. The van der Waals surface area contributed by atoms with Crippen LogP contribution in [0, 0.1) is 20.8 Å². The van der Waals surface area contributed by atoms with Crippen molar-refractivity contribution in [3.63, 3.8) is 0 Å². The lowest BCUT2D eigenvalue weighted by atomic mass is 10.1. The van der Waals surface area contributed by atoms with E-state index >= 15 is 0 Å². The Kier molecular flexibility index (Phi) is 3.29. The number of anilines is 2. The first-order valence-corrected chi connectivity index (χ1v) is 6.07. The van der Waals surface area contributed by atoms with Gasteiger partial charge in [-0.25, -0.2) is 0 Å². The van der Waals surface area contributed by atoms with Crippen LogP contribution in [0.25, 0.3) is 0 Å². The molecule has 0 atom stereocenters. The molecule has 100 valence electrons. The van der Waals surface area contributed by atoms with Gasteiger partial charge in [-0.05, 0) is 44.0 Å². The van der Waals surface area contributed by atoms with Crippen molar-refractivity contribution in [3.05, 3.63) is 40.7 Å². The topological polar surface area (TPSA) is 75.0 Å². The molecule has 0 fully saturated rings. The molecule has 0 radical (unpaired) electrons. The number of nitrogens with zero attached hydrogens (tertiary/aromatic N) is 2. The quantitative estimate of drug-likeness (QED) is 0.867. The van der Waals surface area contributed by atoms with Crippen LogP contribution < -0.4 is 10.6 Å². The average Bonchev–Trinajstić information content (AvgIpc) is 2.67. The molecule has 1 heterocycles. The number of nitrogens with one attached hydrogen (secondary N) is 1. The van der Waals surface area contributed by atoms with E-state index in [0.29, 0.717) is 11.4 Å². The number of H-pyrrole nitrogens is 1. The van der Waals surface area contributed by atoms with E-state index in [1.165, 1.54) is 0 Å². The van der Waals surface area contributed by atoms with E-state index in [1.54, 1.807) is 18.9 Å². The first kappa shape index (κ1) is 13.1. The summed E-state index contributed by atoms with van der Waals surface area (Å²) in [4.78, 5) is 13.9. The molecule has 1 aromatic heterocycles. The summed E-state index contributed by atoms with van der Waals surface area (Å²) in [6, 6.07) is 5.98. The summed E-state index contributed by atoms with van der Waals surface area (Å²) in [5, 5.41) is 6.69. The van der Waals surface area contributed by atoms with E-state index in [-0.39, 0.29) is 11.6 Å². The summed E-state index contributed by atoms with van der Waals surface area (Å²) >= 11 is 0. The Bertz CT molecular complexity index is 610. The molecular weight excluding hydrogens is 240 g/mol. The third kappa shape index (κ3) is 2.45. The Balaban J connectivity index is 2.36. The van der Waals surface area contributed by atoms with Gasteiger partial charge in [-0.15, -0.1) is 0 Å². The predicted octanol–water partition coefficient (Wildman–Crippen LogP) is 2.19. The van der Waals surface area contributed by atoms with Crippen LogP contribution >= 0.6 is 0 Å². The van der Waals surface area contributed by atoms with Gasteiger partial charge in [0.2, 0.25) is 0 Å². The van der Waals surface area contributed by atoms with Crippen molar-refractivity contribution >= 4 is 17.3 Å². The molecule has 0 saturated heterocycles. The van der Waals surface area contributed by atoms with Gasteiger partial charge in [0, 0.05) is 12.7 Å². The maximum atomic E-state index is 12.4. The van der Waals surface area contributed by atoms with E-state index in [4.69, 9.17) is 5.73 Å². The van der Waals surface area contributed by atoms with E-state index < -0.39 is 0 Å². The summed E-state index contributed by atoms with van der Waals surface area (Å²) in [6.07, 6.45) is 0. The van der Waals surface area contributed by atoms with Crippen molar-refractivity contribution in [3.8, 4) is 0 Å². The number of amides is 1. The Morgan fingerprint density at radius 1 is 1.21 bits per heavy atom. The SMILES string of the molecule is Cc1cc(C)cc(N(C)C(=O)c2n[nH]c(C)c2N)c1. The second-order valence-electron chi connectivity index (χ2n) is 4.82. The smallest absolute Gasteiger partial charge is 0.280 e. The minimum atomic E-state index is -0.216. The highest BCUT2D eigenvalue weighted by molar-refractivity contribution is 6.07. The maximum absolute atomic E-state index is 12.4. The number of benzene rings is 1. The van der Waals surface area contributed by atoms with Crippen LogP contribution in [0.5, 0.6) is 0 Å². The second-order valence-corrected chi connectivity index (χ2v) is 4.82. The number of carbonyl (C=O) groups excluding carboxylic acids is 1. The van der Waals surface area contributed by atoms with Crippen molar-refractivity contribution in [2.45, 2.75) is 20.8 Å². The summed E-state index contributed by atoms with van der Waals surface area (Å²) < 4.78 is 0. The molecule has 19 heavy (non-hydrogen) atoms. The predicted molar refractivity (Wildman–Crippen MR) is 76.4 cm³/mol. The molecule has 3 N–H and O–H groups in total. The highest BCUT2D eigenvalue weighted by atomic mass is 16.2. The molecule has 1 aromatic carbocycles. The van der Waals surface area contributed by atoms with Crippen molar-refractivity contribution in [1.29, 1.82) is 0 Å². The number of hydrogen-bond acceptors (Lipinski definition) is 3. The minimum absolute atomic E-state index is 0.216. The standard InChI is InChI=1S/C14H18N4O/c1-8-5-9(2)7-11(6-8)18(4)14(19)13-12(15)10(3)16-17-13/h5-7H,15H2,1-4H3,(H,16,17). The van der Waals surface area contributed by atoms with Gasteiger partial charge in [0.05, 0.1) is 11.4 Å². The van der Waals surface area contributed by atoms with Crippen LogP contribution in [-0.4, -0.2) is 23.2 Å². The molecule has 0 saturated carbocycles. The van der Waals surface area contributed by atoms with Crippen molar-refractivity contribution in [2.75, 3.05) is 17.7 Å². The first-order valence-electron chi connectivity index (χ1n) is 6.07. The monoisotopic (exact) mass is 258 g/mol. The van der Waals surface area contributed by atoms with Gasteiger partial charge in [-0.1, -0.05) is 6.07 Å². The number of aromatic amines is 1. The fourth-order valence-corrected chi connectivity index (χ4v) is 2.02. The molecule has 0 aliphatic carbocycles. The number of rotatable bonds is 2. The fourth-order valence-electron chi connectivity index (χ4n) is 2.02. The normalized spacial score (nSPS) is 10.5. The van der Waals surface area contributed by atoms with Crippen LogP contribution in [0.1, 0.15) is 27.3 Å². The summed E-state index contributed by atoms with van der Waals surface area (Å²) in [5.41, 5.74) is 10.3. The number of nitrogen functional groups attached to an aromatic ring is 1. The van der Waals surface area contributed by atoms with Crippen LogP contribution in [0.2, 0.25) is 0 Å². The highest BCUT2D eigenvalue weighted by Crippen LogP contribution is 2.21. The fraction of sp³-hybridized carbons (Fsp3) is 0.286. The molecule has 0 unspecified atom stereocenters. The molecule has 0 spiro atoms. The molecule has 0 bridgehead atoms. The molecule has 2 aromatic rings. The molecule has 5 heteroatoms. The third-order valence-electron chi connectivity index (χ3n) is 3.10. The lowest BCUT2D eigenvalue weighted by Gasteiger charge is -2.17. The number of hydrogen-bond donors (Lipinski definition) is 2. The summed E-state index contributed by atoms with van der Waals surface area (Å²) in [7, 11) is 1.72. The van der Waals surface area contributed by atoms with Crippen LogP contribution in [0.15, 0.2) is 18.2 Å².